The van der Waals surface area contributed by atoms with Crippen LogP contribution in [0.3, 0.4) is 0 Å². The standard InChI is InChI=1S/C29H28ClFN6O4/c30-23-5-1-3-18(27(23)31)14-34-25(39)15-36(20-7-8-20)26(40)16-37-24-9-6-17(12-22(24)28(35-37)29(32)41)11-21(38)13-19-4-2-10-33-19/h1-6,9-10,12,20,33H,7-8,11,13-16H2,(H2,32,41)(H,34,39). The minimum atomic E-state index is -0.761. The van der Waals surface area contributed by atoms with Gasteiger partial charge in [-0.2, -0.15) is 5.10 Å². The van der Waals surface area contributed by atoms with Crippen molar-refractivity contribution >= 4 is 46.0 Å². The topological polar surface area (TPSA) is 143 Å². The Labute approximate surface area is 239 Å². The number of hydrogen-bond donors (Lipinski definition) is 3. The third kappa shape index (κ3) is 6.63. The zero-order chi connectivity index (χ0) is 29.1. The van der Waals surface area contributed by atoms with Crippen LogP contribution < -0.4 is 11.1 Å². The predicted octanol–water partition coefficient (Wildman–Crippen LogP) is 2.92. The molecule has 0 saturated heterocycles. The summed E-state index contributed by atoms with van der Waals surface area (Å²) in [5.41, 5.74) is 7.82. The zero-order valence-corrected chi connectivity index (χ0v) is 22.8. The first-order valence-electron chi connectivity index (χ1n) is 13.1. The number of aromatic amines is 1. The maximum atomic E-state index is 14.2. The summed E-state index contributed by atoms with van der Waals surface area (Å²) in [5.74, 6) is -2.17. The lowest BCUT2D eigenvalue weighted by Gasteiger charge is -2.22. The fourth-order valence-corrected chi connectivity index (χ4v) is 4.93. The van der Waals surface area contributed by atoms with E-state index in [0.717, 1.165) is 18.5 Å². The fraction of sp³-hybridized carbons (Fsp3) is 0.276. The second-order valence-electron chi connectivity index (χ2n) is 10.1. The van der Waals surface area contributed by atoms with Crippen LogP contribution in [0.15, 0.2) is 54.7 Å². The van der Waals surface area contributed by atoms with Crippen molar-refractivity contribution in [1.82, 2.24) is 25.0 Å². The van der Waals surface area contributed by atoms with Crippen LogP contribution in [0.5, 0.6) is 0 Å². The van der Waals surface area contributed by atoms with Gasteiger partial charge in [0.1, 0.15) is 18.1 Å². The highest BCUT2D eigenvalue weighted by molar-refractivity contribution is 6.30. The van der Waals surface area contributed by atoms with Crippen molar-refractivity contribution in [3.63, 3.8) is 0 Å². The third-order valence-corrected chi connectivity index (χ3v) is 7.21. The van der Waals surface area contributed by atoms with Gasteiger partial charge in [0.05, 0.1) is 17.1 Å². The number of H-pyrrole nitrogens is 1. The molecule has 5 rings (SSSR count). The Bertz CT molecular complexity index is 1630. The highest BCUT2D eigenvalue weighted by Crippen LogP contribution is 2.28. The molecule has 4 aromatic rings. The number of amides is 3. The number of fused-ring (bicyclic) bond motifs is 1. The van der Waals surface area contributed by atoms with Crippen molar-refractivity contribution in [1.29, 1.82) is 0 Å². The lowest BCUT2D eigenvalue weighted by Crippen LogP contribution is -2.43. The molecule has 0 spiro atoms. The van der Waals surface area contributed by atoms with E-state index in [-0.39, 0.29) is 66.5 Å². The van der Waals surface area contributed by atoms with Gasteiger partial charge in [0.2, 0.25) is 11.8 Å². The number of Topliss-reactive ketones (excluding diaryl/α,β-unsaturated/α-hetero) is 1. The molecule has 4 N–H and O–H groups in total. The second kappa shape index (κ2) is 11.9. The Morgan fingerprint density at radius 1 is 1.12 bits per heavy atom. The molecule has 212 valence electrons. The smallest absolute Gasteiger partial charge is 0.269 e. The van der Waals surface area contributed by atoms with Crippen LogP contribution in [0, 0.1) is 5.82 Å². The first-order valence-corrected chi connectivity index (χ1v) is 13.5. The van der Waals surface area contributed by atoms with Crippen molar-refractivity contribution in [2.45, 2.75) is 44.8 Å². The van der Waals surface area contributed by atoms with E-state index in [1.165, 1.54) is 21.7 Å². The van der Waals surface area contributed by atoms with Gasteiger partial charge in [-0.3, -0.25) is 23.9 Å². The van der Waals surface area contributed by atoms with Crippen molar-refractivity contribution in [3.05, 3.63) is 88.1 Å². The molecule has 1 fully saturated rings. The summed E-state index contributed by atoms with van der Waals surface area (Å²) in [6, 6.07) is 13.2. The Morgan fingerprint density at radius 3 is 2.63 bits per heavy atom. The van der Waals surface area contributed by atoms with Gasteiger partial charge in [-0.05, 0) is 48.7 Å². The molecule has 0 aliphatic heterocycles. The van der Waals surface area contributed by atoms with Gasteiger partial charge in [0.15, 0.2) is 5.69 Å². The van der Waals surface area contributed by atoms with E-state index in [1.807, 2.05) is 12.1 Å². The van der Waals surface area contributed by atoms with Gasteiger partial charge >= 0.3 is 0 Å². The normalized spacial score (nSPS) is 12.8. The second-order valence-corrected chi connectivity index (χ2v) is 10.5. The van der Waals surface area contributed by atoms with E-state index in [2.05, 4.69) is 15.4 Å². The van der Waals surface area contributed by atoms with Gasteiger partial charge < -0.3 is 20.9 Å². The third-order valence-electron chi connectivity index (χ3n) is 6.91. The molecule has 41 heavy (non-hydrogen) atoms. The summed E-state index contributed by atoms with van der Waals surface area (Å²) in [6.45, 7) is -0.498. The van der Waals surface area contributed by atoms with Crippen LogP contribution in [0.25, 0.3) is 10.9 Å². The fourth-order valence-electron chi connectivity index (χ4n) is 4.73. The van der Waals surface area contributed by atoms with Crippen LogP contribution in [0.1, 0.15) is 40.2 Å². The predicted molar refractivity (Wildman–Crippen MR) is 149 cm³/mol. The van der Waals surface area contributed by atoms with E-state index < -0.39 is 17.6 Å². The molecule has 0 atom stereocenters. The molecular weight excluding hydrogens is 551 g/mol. The molecule has 10 nitrogen and oxygen atoms in total. The Balaban J connectivity index is 1.28. The van der Waals surface area contributed by atoms with Gasteiger partial charge in [-0.1, -0.05) is 29.8 Å². The van der Waals surface area contributed by atoms with Crippen molar-refractivity contribution in [2.75, 3.05) is 6.54 Å². The van der Waals surface area contributed by atoms with Crippen LogP contribution in [0.4, 0.5) is 4.39 Å². The SMILES string of the molecule is NC(=O)c1nn(CC(=O)N(CC(=O)NCc2cccc(Cl)c2F)C2CC2)c2ccc(CC(=O)Cc3ccc[nH]3)cc12. The molecular formula is C29H28ClFN6O4. The summed E-state index contributed by atoms with van der Waals surface area (Å²) < 4.78 is 15.6. The molecule has 12 heteroatoms. The molecule has 3 amide bonds. The molecule has 2 heterocycles. The largest absolute Gasteiger partial charge is 0.365 e. The van der Waals surface area contributed by atoms with Gasteiger partial charge in [0.25, 0.3) is 5.91 Å². The minimum absolute atomic E-state index is 0.00792. The van der Waals surface area contributed by atoms with Crippen molar-refractivity contribution in [2.24, 2.45) is 5.73 Å². The Kier molecular flexibility index (Phi) is 8.16. The van der Waals surface area contributed by atoms with Gasteiger partial charge in [-0.25, -0.2) is 4.39 Å². The average Bonchev–Trinajstić information content (AvgIpc) is 3.53. The quantitative estimate of drug-likeness (QED) is 0.237. The van der Waals surface area contributed by atoms with E-state index in [0.29, 0.717) is 16.5 Å². The van der Waals surface area contributed by atoms with Crippen LogP contribution in [0.2, 0.25) is 5.02 Å². The first-order chi connectivity index (χ1) is 19.7. The minimum Gasteiger partial charge on any atom is -0.365 e. The summed E-state index contributed by atoms with van der Waals surface area (Å²) in [4.78, 5) is 55.2. The highest BCUT2D eigenvalue weighted by Gasteiger charge is 2.34. The maximum absolute atomic E-state index is 14.2. The van der Waals surface area contributed by atoms with Crippen molar-refractivity contribution in [3.8, 4) is 0 Å². The van der Waals surface area contributed by atoms with E-state index in [1.54, 1.807) is 30.5 Å². The molecule has 2 aromatic heterocycles. The number of carbonyl (C=O) groups excluding carboxylic acids is 4. The number of nitrogens with zero attached hydrogens (tertiary/aromatic N) is 3. The summed E-state index contributed by atoms with van der Waals surface area (Å²) in [6.07, 6.45) is 3.67. The zero-order valence-electron chi connectivity index (χ0n) is 22.0. The number of benzene rings is 2. The van der Waals surface area contributed by atoms with E-state index in [4.69, 9.17) is 17.3 Å². The number of nitrogens with one attached hydrogen (secondary N) is 2. The average molecular weight is 579 g/mol. The number of nitrogens with two attached hydrogens (primary N) is 1. The summed E-state index contributed by atoms with van der Waals surface area (Å²) in [7, 11) is 0. The first kappa shape index (κ1) is 28.0. The van der Waals surface area contributed by atoms with Crippen LogP contribution in [-0.2, 0) is 40.3 Å². The number of carbonyl (C=O) groups is 4. The number of aromatic nitrogens is 3. The maximum Gasteiger partial charge on any atom is 0.269 e. The molecule has 1 saturated carbocycles. The summed E-state index contributed by atoms with van der Waals surface area (Å²) >= 11 is 5.81. The monoisotopic (exact) mass is 578 g/mol. The number of halogens is 2. The lowest BCUT2D eigenvalue weighted by molar-refractivity contribution is -0.137. The van der Waals surface area contributed by atoms with E-state index in [9.17, 15) is 23.6 Å². The molecule has 1 aliphatic carbocycles. The molecule has 1 aliphatic rings. The lowest BCUT2D eigenvalue weighted by atomic mass is 10.0. The number of hydrogen-bond acceptors (Lipinski definition) is 5. The number of ketones is 1. The Hall–Kier alpha value is -4.51. The van der Waals surface area contributed by atoms with Gasteiger partial charge in [0, 0.05) is 48.3 Å². The van der Waals surface area contributed by atoms with Gasteiger partial charge in [-0.15, -0.1) is 0 Å². The molecule has 0 unspecified atom stereocenters. The summed E-state index contributed by atoms with van der Waals surface area (Å²) in [5, 5.41) is 7.33. The van der Waals surface area contributed by atoms with E-state index >= 15 is 0 Å². The molecule has 2 aromatic carbocycles. The van der Waals surface area contributed by atoms with Crippen LogP contribution >= 0.6 is 11.6 Å². The van der Waals surface area contributed by atoms with Crippen LogP contribution in [-0.4, -0.2) is 55.8 Å². The number of primary amides is 1. The number of rotatable bonds is 12. The van der Waals surface area contributed by atoms with Crippen molar-refractivity contribution < 1.29 is 23.6 Å². The highest BCUT2D eigenvalue weighted by atomic mass is 35.5. The molecule has 0 radical (unpaired) electrons. The Morgan fingerprint density at radius 2 is 1.93 bits per heavy atom. The molecule has 0 bridgehead atoms.